The van der Waals surface area contributed by atoms with E-state index < -0.39 is 41.3 Å². The van der Waals surface area contributed by atoms with Gasteiger partial charge in [-0.25, -0.2) is 9.18 Å². The zero-order valence-corrected chi connectivity index (χ0v) is 15.4. The van der Waals surface area contributed by atoms with Gasteiger partial charge in [0.2, 0.25) is 5.91 Å². The lowest BCUT2D eigenvalue weighted by atomic mass is 9.88. The lowest BCUT2D eigenvalue weighted by Gasteiger charge is -2.34. The molecule has 2 atom stereocenters. The number of urea groups is 1. The predicted molar refractivity (Wildman–Crippen MR) is 94.4 cm³/mol. The first kappa shape index (κ1) is 19.8. The number of nitrogens with one attached hydrogen (secondary N) is 2. The molecule has 7 nitrogen and oxygen atoms in total. The van der Waals surface area contributed by atoms with Crippen LogP contribution >= 0.6 is 0 Å². The fourth-order valence-electron chi connectivity index (χ4n) is 2.75. The molecule has 8 heteroatoms. The zero-order chi connectivity index (χ0) is 19.7. The van der Waals surface area contributed by atoms with Crippen molar-refractivity contribution < 1.29 is 18.8 Å². The van der Waals surface area contributed by atoms with Crippen molar-refractivity contribution in [2.45, 2.75) is 38.8 Å². The number of nitrogens with zero attached hydrogens (tertiary/aromatic N) is 1. The van der Waals surface area contributed by atoms with Crippen LogP contribution in [0.2, 0.25) is 0 Å². The van der Waals surface area contributed by atoms with Crippen molar-refractivity contribution in [2.75, 3.05) is 13.1 Å². The minimum atomic E-state index is -1.35. The van der Waals surface area contributed by atoms with E-state index in [1.54, 1.807) is 0 Å². The molecule has 1 aliphatic rings. The summed E-state index contributed by atoms with van der Waals surface area (Å²) >= 11 is 0. The molecule has 4 N–H and O–H groups in total. The van der Waals surface area contributed by atoms with E-state index in [0.717, 1.165) is 4.90 Å². The highest BCUT2D eigenvalue weighted by molar-refractivity contribution is 6.09. The summed E-state index contributed by atoms with van der Waals surface area (Å²) in [6.45, 7) is 6.99. The summed E-state index contributed by atoms with van der Waals surface area (Å²) in [4.78, 5) is 38.3. The first-order chi connectivity index (χ1) is 12.0. The van der Waals surface area contributed by atoms with Crippen LogP contribution in [0.1, 0.15) is 33.3 Å². The molecule has 26 heavy (non-hydrogen) atoms. The second kappa shape index (κ2) is 7.03. The number of nitrogens with two attached hydrogens (primary N) is 1. The van der Waals surface area contributed by atoms with Crippen LogP contribution in [0, 0.1) is 11.7 Å². The number of hydrogen-bond donors (Lipinski definition) is 3. The average Bonchev–Trinajstić information content (AvgIpc) is 2.79. The Morgan fingerprint density at radius 3 is 2.42 bits per heavy atom. The topological polar surface area (TPSA) is 105 Å². The highest BCUT2D eigenvalue weighted by atomic mass is 19.1. The Bertz CT molecular complexity index is 722. The van der Waals surface area contributed by atoms with E-state index in [1.165, 1.54) is 31.2 Å². The van der Waals surface area contributed by atoms with Gasteiger partial charge < -0.3 is 16.4 Å². The average molecular weight is 364 g/mol. The summed E-state index contributed by atoms with van der Waals surface area (Å²) in [5.41, 5.74) is 4.19. The third kappa shape index (κ3) is 3.55. The molecule has 142 valence electrons. The molecular formula is C18H25FN4O3. The number of carbonyl (C=O) groups is 3. The number of rotatable bonds is 6. The first-order valence-corrected chi connectivity index (χ1v) is 8.44. The van der Waals surface area contributed by atoms with E-state index in [-0.39, 0.29) is 12.5 Å². The van der Waals surface area contributed by atoms with Gasteiger partial charge in [0.25, 0.3) is 5.91 Å². The van der Waals surface area contributed by atoms with Gasteiger partial charge in [-0.15, -0.1) is 0 Å². The molecule has 4 amide bonds. The summed E-state index contributed by atoms with van der Waals surface area (Å²) in [6.07, 6.45) is 0. The van der Waals surface area contributed by atoms with E-state index in [1.807, 2.05) is 20.8 Å². The maximum Gasteiger partial charge on any atom is 0.325 e. The van der Waals surface area contributed by atoms with Crippen LogP contribution in [0.4, 0.5) is 9.18 Å². The molecule has 1 aliphatic heterocycles. The highest BCUT2D eigenvalue weighted by Gasteiger charge is 2.49. The molecule has 1 fully saturated rings. The van der Waals surface area contributed by atoms with Crippen molar-refractivity contribution in [2.24, 2.45) is 11.7 Å². The minimum Gasteiger partial charge on any atom is -0.348 e. The van der Waals surface area contributed by atoms with Crippen LogP contribution in [-0.4, -0.2) is 41.4 Å². The lowest BCUT2D eigenvalue weighted by Crippen LogP contribution is -2.57. The fraction of sp³-hybridized carbons (Fsp3) is 0.500. The number of benzene rings is 1. The number of halogens is 1. The van der Waals surface area contributed by atoms with Crippen LogP contribution in [0.15, 0.2) is 24.3 Å². The quantitative estimate of drug-likeness (QED) is 0.657. The number of imide groups is 1. The highest BCUT2D eigenvalue weighted by Crippen LogP contribution is 2.28. The molecule has 0 saturated carbocycles. The predicted octanol–water partition coefficient (Wildman–Crippen LogP) is 1.08. The summed E-state index contributed by atoms with van der Waals surface area (Å²) in [5, 5.41) is 5.38. The van der Waals surface area contributed by atoms with Gasteiger partial charge >= 0.3 is 6.03 Å². The molecule has 1 heterocycles. The van der Waals surface area contributed by atoms with E-state index >= 15 is 0 Å². The molecule has 0 radical (unpaired) electrons. The van der Waals surface area contributed by atoms with Crippen molar-refractivity contribution in [3.05, 3.63) is 35.6 Å². The number of carbonyl (C=O) groups excluding carboxylic acids is 3. The van der Waals surface area contributed by atoms with Crippen molar-refractivity contribution in [3.8, 4) is 0 Å². The standard InChI is InChI=1S/C18H25FN4O3/c1-11(2)17(3,10-20)21-14(24)9-23-15(25)18(4,22-16(23)26)12-5-7-13(19)8-6-12/h5-8,11H,9-10,20H2,1-4H3,(H,21,24)(H,22,26). The summed E-state index contributed by atoms with van der Waals surface area (Å²) in [5.74, 6) is -1.41. The van der Waals surface area contributed by atoms with Gasteiger partial charge in [0.1, 0.15) is 17.9 Å². The maximum atomic E-state index is 13.1. The van der Waals surface area contributed by atoms with Crippen molar-refractivity contribution in [1.82, 2.24) is 15.5 Å². The number of amides is 4. The van der Waals surface area contributed by atoms with Crippen molar-refractivity contribution >= 4 is 17.8 Å². The summed E-state index contributed by atoms with van der Waals surface area (Å²) in [6, 6.07) is 4.62. The molecule has 0 bridgehead atoms. The lowest BCUT2D eigenvalue weighted by molar-refractivity contribution is -0.135. The summed E-state index contributed by atoms with van der Waals surface area (Å²) < 4.78 is 13.1. The molecule has 2 rings (SSSR count). The molecule has 0 spiro atoms. The van der Waals surface area contributed by atoms with Gasteiger partial charge in [0, 0.05) is 6.54 Å². The van der Waals surface area contributed by atoms with Crippen LogP contribution in [-0.2, 0) is 15.1 Å². The summed E-state index contributed by atoms with van der Waals surface area (Å²) in [7, 11) is 0. The van der Waals surface area contributed by atoms with Crippen LogP contribution in [0.3, 0.4) is 0 Å². The van der Waals surface area contributed by atoms with Gasteiger partial charge in [-0.1, -0.05) is 26.0 Å². The SMILES string of the molecule is CC(C)C(C)(CN)NC(=O)CN1C(=O)NC(C)(c2ccc(F)cc2)C1=O. The normalized spacial score (nSPS) is 22.3. The minimum absolute atomic E-state index is 0.0732. The molecule has 2 unspecified atom stereocenters. The third-order valence-electron chi connectivity index (χ3n) is 5.12. The Hall–Kier alpha value is -2.48. The van der Waals surface area contributed by atoms with Gasteiger partial charge in [-0.3, -0.25) is 14.5 Å². The second-order valence-corrected chi connectivity index (χ2v) is 7.28. The molecular weight excluding hydrogens is 339 g/mol. The Morgan fingerprint density at radius 1 is 1.35 bits per heavy atom. The molecule has 1 saturated heterocycles. The third-order valence-corrected chi connectivity index (χ3v) is 5.12. The van der Waals surface area contributed by atoms with Gasteiger partial charge in [-0.05, 0) is 37.5 Å². The largest absolute Gasteiger partial charge is 0.348 e. The number of hydrogen-bond acceptors (Lipinski definition) is 4. The van der Waals surface area contributed by atoms with E-state index in [9.17, 15) is 18.8 Å². The molecule has 0 aromatic heterocycles. The molecule has 0 aliphatic carbocycles. The monoisotopic (exact) mass is 364 g/mol. The zero-order valence-electron chi connectivity index (χ0n) is 15.4. The first-order valence-electron chi connectivity index (χ1n) is 8.44. The van der Waals surface area contributed by atoms with Crippen LogP contribution < -0.4 is 16.4 Å². The van der Waals surface area contributed by atoms with Gasteiger partial charge in [-0.2, -0.15) is 0 Å². The van der Waals surface area contributed by atoms with Crippen LogP contribution in [0.5, 0.6) is 0 Å². The van der Waals surface area contributed by atoms with Gasteiger partial charge in [0.05, 0.1) is 5.54 Å². The van der Waals surface area contributed by atoms with Gasteiger partial charge in [0.15, 0.2) is 0 Å². The van der Waals surface area contributed by atoms with E-state index in [2.05, 4.69) is 10.6 Å². The molecule has 1 aromatic carbocycles. The Labute approximate surface area is 152 Å². The Balaban J connectivity index is 2.16. The maximum absolute atomic E-state index is 13.1. The fourth-order valence-corrected chi connectivity index (χ4v) is 2.75. The smallest absolute Gasteiger partial charge is 0.325 e. The Kier molecular flexibility index (Phi) is 5.36. The Morgan fingerprint density at radius 2 is 1.92 bits per heavy atom. The van der Waals surface area contributed by atoms with E-state index in [4.69, 9.17) is 5.73 Å². The van der Waals surface area contributed by atoms with Crippen molar-refractivity contribution in [3.63, 3.8) is 0 Å². The van der Waals surface area contributed by atoms with E-state index in [0.29, 0.717) is 5.56 Å². The van der Waals surface area contributed by atoms with Crippen LogP contribution in [0.25, 0.3) is 0 Å². The van der Waals surface area contributed by atoms with Crippen molar-refractivity contribution in [1.29, 1.82) is 0 Å². The molecule has 1 aromatic rings. The second-order valence-electron chi connectivity index (χ2n) is 7.28.